The third-order valence-corrected chi connectivity index (χ3v) is 7.95. The summed E-state index contributed by atoms with van der Waals surface area (Å²) in [6, 6.07) is 6.44. The lowest BCUT2D eigenvalue weighted by Crippen LogP contribution is -2.42. The smallest absolute Gasteiger partial charge is 0.407 e. The largest absolute Gasteiger partial charge is 0.489 e. The molecule has 1 saturated carbocycles. The second-order valence-corrected chi connectivity index (χ2v) is 12.6. The van der Waals surface area contributed by atoms with E-state index < -0.39 is 5.60 Å². The van der Waals surface area contributed by atoms with Crippen LogP contribution in [0.2, 0.25) is 0 Å². The van der Waals surface area contributed by atoms with Crippen molar-refractivity contribution in [2.24, 2.45) is 0 Å². The number of carbonyl (C=O) groups is 1. The Bertz CT molecular complexity index is 1190. The first-order valence-corrected chi connectivity index (χ1v) is 13.9. The van der Waals surface area contributed by atoms with Gasteiger partial charge in [-0.15, -0.1) is 11.8 Å². The first kappa shape index (κ1) is 27.1. The maximum Gasteiger partial charge on any atom is 0.407 e. The Morgan fingerprint density at radius 3 is 2.65 bits per heavy atom. The van der Waals surface area contributed by atoms with Gasteiger partial charge in [0.05, 0.1) is 22.8 Å². The monoisotopic (exact) mass is 523 g/mol. The molecule has 0 radical (unpaired) electrons. The quantitative estimate of drug-likeness (QED) is 0.361. The predicted octanol–water partition coefficient (Wildman–Crippen LogP) is 5.78. The molecule has 2 aliphatic rings. The third-order valence-electron chi connectivity index (χ3n) is 6.80. The molecule has 1 amide bonds. The summed E-state index contributed by atoms with van der Waals surface area (Å²) in [7, 11) is 0. The van der Waals surface area contributed by atoms with Gasteiger partial charge in [-0.05, 0) is 76.0 Å². The van der Waals surface area contributed by atoms with Crippen LogP contribution < -0.4 is 15.8 Å². The summed E-state index contributed by atoms with van der Waals surface area (Å²) < 4.78 is 12.0. The molecule has 2 aromatic rings. The number of carbonyl (C=O) groups excluding carboxylic acids is 1. The Morgan fingerprint density at radius 2 is 1.97 bits per heavy atom. The number of hydrogen-bond acceptors (Lipinski definition) is 8. The number of benzene rings is 1. The number of thioether (sulfide) groups is 1. The molecule has 0 aliphatic heterocycles. The van der Waals surface area contributed by atoms with Gasteiger partial charge in [0, 0.05) is 29.3 Å². The number of alkyl carbamates (subject to hydrolysis) is 1. The van der Waals surface area contributed by atoms with Crippen molar-refractivity contribution in [2.45, 2.75) is 101 Å². The van der Waals surface area contributed by atoms with Gasteiger partial charge in [0.1, 0.15) is 23.5 Å². The van der Waals surface area contributed by atoms with Crippen LogP contribution in [0.5, 0.6) is 5.75 Å². The Hall–Kier alpha value is -2.99. The molecule has 4 rings (SSSR count). The van der Waals surface area contributed by atoms with Crippen LogP contribution in [0.25, 0.3) is 11.3 Å². The van der Waals surface area contributed by atoms with Gasteiger partial charge in [-0.1, -0.05) is 13.8 Å². The summed E-state index contributed by atoms with van der Waals surface area (Å²) in [5.74, 6) is 2.07. The van der Waals surface area contributed by atoms with E-state index in [0.717, 1.165) is 59.6 Å². The molecule has 9 heteroatoms. The predicted molar refractivity (Wildman–Crippen MR) is 146 cm³/mol. The number of nitrogens with two attached hydrogens (primary N) is 1. The molecule has 0 bridgehead atoms. The van der Waals surface area contributed by atoms with E-state index in [1.165, 1.54) is 11.9 Å². The summed E-state index contributed by atoms with van der Waals surface area (Å²) in [5.41, 5.74) is 9.65. The zero-order valence-electron chi connectivity index (χ0n) is 22.4. The number of nitrogens with zero attached hydrogens (tertiary/aromatic N) is 3. The summed E-state index contributed by atoms with van der Waals surface area (Å²) in [6.45, 7) is 9.94. The van der Waals surface area contributed by atoms with E-state index in [4.69, 9.17) is 20.5 Å². The van der Waals surface area contributed by atoms with Crippen LogP contribution in [0.4, 0.5) is 10.6 Å². The molecule has 1 heterocycles. The van der Waals surface area contributed by atoms with Gasteiger partial charge in [0.15, 0.2) is 0 Å². The van der Waals surface area contributed by atoms with E-state index in [1.54, 1.807) is 11.8 Å². The van der Waals surface area contributed by atoms with E-state index in [2.05, 4.69) is 41.3 Å². The van der Waals surface area contributed by atoms with Crippen LogP contribution in [0.15, 0.2) is 23.4 Å². The third kappa shape index (κ3) is 6.30. The van der Waals surface area contributed by atoms with Gasteiger partial charge in [-0.3, -0.25) is 0 Å². The normalized spacial score (nSPS) is 20.2. The highest BCUT2D eigenvalue weighted by molar-refractivity contribution is 7.99. The Kier molecular flexibility index (Phi) is 7.88. The molecule has 1 aromatic carbocycles. The van der Waals surface area contributed by atoms with Gasteiger partial charge >= 0.3 is 6.09 Å². The number of nitrogens with one attached hydrogen (secondary N) is 1. The minimum atomic E-state index is -0.511. The maximum atomic E-state index is 12.2. The number of nitrogen functional groups attached to an aromatic ring is 1. The topological polar surface area (TPSA) is 123 Å². The molecule has 0 spiro atoms. The summed E-state index contributed by atoms with van der Waals surface area (Å²) >= 11 is 1.67. The van der Waals surface area contributed by atoms with Crippen molar-refractivity contribution in [3.8, 4) is 23.1 Å². The van der Waals surface area contributed by atoms with Gasteiger partial charge in [0.25, 0.3) is 0 Å². The Morgan fingerprint density at radius 1 is 1.24 bits per heavy atom. The molecule has 198 valence electrons. The van der Waals surface area contributed by atoms with Crippen molar-refractivity contribution in [1.29, 1.82) is 5.26 Å². The first-order valence-electron chi connectivity index (χ1n) is 12.9. The van der Waals surface area contributed by atoms with Crippen molar-refractivity contribution in [3.05, 3.63) is 29.6 Å². The van der Waals surface area contributed by atoms with Gasteiger partial charge in [-0.2, -0.15) is 5.26 Å². The fourth-order valence-corrected chi connectivity index (χ4v) is 6.25. The van der Waals surface area contributed by atoms with Crippen LogP contribution in [-0.2, 0) is 16.6 Å². The van der Waals surface area contributed by atoms with Crippen LogP contribution in [-0.4, -0.2) is 39.6 Å². The molecule has 1 fully saturated rings. The minimum absolute atomic E-state index is 0.0620. The molecule has 0 atom stereocenters. The number of nitriles is 1. The van der Waals surface area contributed by atoms with Crippen molar-refractivity contribution >= 4 is 23.7 Å². The van der Waals surface area contributed by atoms with Crippen molar-refractivity contribution in [2.75, 3.05) is 11.5 Å². The lowest BCUT2D eigenvalue weighted by atomic mass is 9.72. The zero-order valence-corrected chi connectivity index (χ0v) is 23.2. The molecule has 0 saturated heterocycles. The van der Waals surface area contributed by atoms with Crippen LogP contribution in [0.1, 0.15) is 77.8 Å². The van der Waals surface area contributed by atoms with E-state index in [-0.39, 0.29) is 23.7 Å². The molecule has 1 aromatic heterocycles. The standard InChI is InChI=1S/C28H37N5O3S/c1-27(2,3)36-26(34)33-17-7-9-18(10-8-17)35-21-12-11-19-20(24(21)37-14-6-13-29)15-28(4,5)22-23(19)31-16-32-25(22)30/h11-12,16-18H,6-10,14-15H2,1-5H3,(H,33,34)(H2,30,31,32)/t17-,18-. The molecule has 37 heavy (non-hydrogen) atoms. The van der Waals surface area contributed by atoms with Crippen LogP contribution >= 0.6 is 11.8 Å². The fraction of sp³-hybridized carbons (Fsp3) is 0.571. The molecule has 3 N–H and O–H groups in total. The van der Waals surface area contributed by atoms with E-state index in [0.29, 0.717) is 18.0 Å². The SMILES string of the molecule is CC(C)(C)OC(=O)N[C@H]1CC[C@H](Oc2ccc3c(c2SCCC#N)CC(C)(C)c2c(N)ncnc2-3)CC1. The average molecular weight is 524 g/mol. The average Bonchev–Trinajstić information content (AvgIpc) is 2.80. The number of anilines is 1. The lowest BCUT2D eigenvalue weighted by molar-refractivity contribution is 0.0470. The maximum absolute atomic E-state index is 12.2. The number of fused-ring (bicyclic) bond motifs is 3. The van der Waals surface area contributed by atoms with Crippen molar-refractivity contribution in [3.63, 3.8) is 0 Å². The fourth-order valence-electron chi connectivity index (χ4n) is 5.23. The highest BCUT2D eigenvalue weighted by Crippen LogP contribution is 2.49. The van der Waals surface area contributed by atoms with E-state index in [1.807, 2.05) is 26.8 Å². The van der Waals surface area contributed by atoms with Gasteiger partial charge in [0.2, 0.25) is 0 Å². The van der Waals surface area contributed by atoms with Crippen molar-refractivity contribution < 1.29 is 14.3 Å². The van der Waals surface area contributed by atoms with E-state index >= 15 is 0 Å². The Balaban J connectivity index is 1.54. The summed E-state index contributed by atoms with van der Waals surface area (Å²) in [5, 5.41) is 12.1. The van der Waals surface area contributed by atoms with Gasteiger partial charge < -0.3 is 20.5 Å². The second kappa shape index (κ2) is 10.8. The molecule has 2 aliphatic carbocycles. The second-order valence-electron chi connectivity index (χ2n) is 11.5. The number of aromatic nitrogens is 2. The summed E-state index contributed by atoms with van der Waals surface area (Å²) in [4.78, 5) is 22.1. The lowest BCUT2D eigenvalue weighted by Gasteiger charge is -2.36. The number of ether oxygens (including phenoxy) is 2. The van der Waals surface area contributed by atoms with Crippen LogP contribution in [0.3, 0.4) is 0 Å². The molecule has 8 nitrogen and oxygen atoms in total. The van der Waals surface area contributed by atoms with Gasteiger partial charge in [-0.25, -0.2) is 14.8 Å². The van der Waals surface area contributed by atoms with E-state index in [9.17, 15) is 4.79 Å². The molecular formula is C28H37N5O3S. The highest BCUT2D eigenvalue weighted by atomic mass is 32.2. The number of rotatable bonds is 6. The highest BCUT2D eigenvalue weighted by Gasteiger charge is 2.37. The molecular weight excluding hydrogens is 486 g/mol. The number of hydrogen-bond donors (Lipinski definition) is 2. The number of amides is 1. The zero-order chi connectivity index (χ0) is 26.8. The minimum Gasteiger partial charge on any atom is -0.489 e. The Labute approximate surface area is 223 Å². The summed E-state index contributed by atoms with van der Waals surface area (Å²) in [6.07, 6.45) is 5.83. The van der Waals surface area contributed by atoms with Crippen LogP contribution in [0, 0.1) is 11.3 Å². The molecule has 0 unspecified atom stereocenters. The van der Waals surface area contributed by atoms with Crippen molar-refractivity contribution in [1.82, 2.24) is 15.3 Å². The first-order chi connectivity index (χ1) is 17.5.